The van der Waals surface area contributed by atoms with E-state index in [0.29, 0.717) is 5.02 Å². The van der Waals surface area contributed by atoms with Crippen LogP contribution >= 0.6 is 22.9 Å². The number of ether oxygens (including phenoxy) is 1. The number of nitrogen functional groups attached to an aromatic ring is 1. The van der Waals surface area contributed by atoms with Crippen LogP contribution in [0.25, 0.3) is 0 Å². The molecule has 2 aromatic rings. The third-order valence-electron chi connectivity index (χ3n) is 2.67. The Balaban J connectivity index is 2.07. The molecule has 2 N–H and O–H groups in total. The number of esters is 1. The maximum Gasteiger partial charge on any atom is 0.340 e. The van der Waals surface area contributed by atoms with Crippen LogP contribution < -0.4 is 5.73 Å². The Morgan fingerprint density at radius 2 is 2.21 bits per heavy atom. The summed E-state index contributed by atoms with van der Waals surface area (Å²) >= 11 is 7.37. The number of carbonyl (C=O) groups excluding carboxylic acids is 1. The Hall–Kier alpha value is -1.59. The first-order valence-electron chi connectivity index (χ1n) is 5.63. The molecule has 1 aromatic heterocycles. The molecule has 0 saturated carbocycles. The zero-order valence-corrected chi connectivity index (χ0v) is 12.1. The van der Waals surface area contributed by atoms with E-state index in [2.05, 4.69) is 4.98 Å². The van der Waals surface area contributed by atoms with Gasteiger partial charge < -0.3 is 10.5 Å². The van der Waals surface area contributed by atoms with Crippen LogP contribution in [0.5, 0.6) is 0 Å². The summed E-state index contributed by atoms with van der Waals surface area (Å²) in [6, 6.07) is 4.87. The number of rotatable bonds is 3. The molecule has 0 amide bonds. The molecule has 6 heteroatoms. The smallest absolute Gasteiger partial charge is 0.340 e. The number of anilines is 1. The molecule has 1 heterocycles. The molecular formula is C13H13ClN2O2S. The first-order valence-corrected chi connectivity index (χ1v) is 6.82. The van der Waals surface area contributed by atoms with Crippen molar-refractivity contribution in [1.82, 2.24) is 4.98 Å². The molecule has 0 aliphatic carbocycles. The van der Waals surface area contributed by atoms with E-state index < -0.39 is 5.97 Å². The van der Waals surface area contributed by atoms with Crippen molar-refractivity contribution in [1.29, 1.82) is 0 Å². The fraction of sp³-hybridized carbons (Fsp3) is 0.231. The highest BCUT2D eigenvalue weighted by Gasteiger charge is 2.14. The summed E-state index contributed by atoms with van der Waals surface area (Å²) in [5.41, 5.74) is 7.20. The molecule has 0 unspecified atom stereocenters. The molecular weight excluding hydrogens is 284 g/mol. The summed E-state index contributed by atoms with van der Waals surface area (Å²) in [6.07, 6.45) is 0. The van der Waals surface area contributed by atoms with Crippen molar-refractivity contribution in [3.8, 4) is 0 Å². The standard InChI is InChI=1S/C13H13ClN2O2S/c1-7-8(2)19-11(16-7)6-18-13(17)9-4-3-5-10(14)12(9)15/h3-5H,6,15H2,1-2H3. The number of carbonyl (C=O) groups is 1. The molecule has 0 fully saturated rings. The topological polar surface area (TPSA) is 65.2 Å². The molecule has 100 valence electrons. The van der Waals surface area contributed by atoms with E-state index in [1.807, 2.05) is 13.8 Å². The molecule has 0 aliphatic rings. The Morgan fingerprint density at radius 3 is 2.84 bits per heavy atom. The minimum absolute atomic E-state index is 0.143. The van der Waals surface area contributed by atoms with Gasteiger partial charge in [-0.15, -0.1) is 11.3 Å². The summed E-state index contributed by atoms with van der Waals surface area (Å²) in [5.74, 6) is -0.495. The van der Waals surface area contributed by atoms with E-state index in [-0.39, 0.29) is 17.9 Å². The van der Waals surface area contributed by atoms with Crippen LogP contribution in [-0.2, 0) is 11.3 Å². The van der Waals surface area contributed by atoms with Crippen LogP contribution in [0.15, 0.2) is 18.2 Å². The summed E-state index contributed by atoms with van der Waals surface area (Å²) in [6.45, 7) is 4.05. The molecule has 0 radical (unpaired) electrons. The van der Waals surface area contributed by atoms with Crippen LogP contribution in [0, 0.1) is 13.8 Å². The van der Waals surface area contributed by atoms with Gasteiger partial charge in [0.05, 0.1) is 22.0 Å². The lowest BCUT2D eigenvalue weighted by molar-refractivity contribution is 0.0473. The summed E-state index contributed by atoms with van der Waals surface area (Å²) in [5, 5.41) is 1.11. The van der Waals surface area contributed by atoms with E-state index in [1.165, 1.54) is 11.3 Å². The molecule has 0 spiro atoms. The van der Waals surface area contributed by atoms with Gasteiger partial charge in [-0.3, -0.25) is 0 Å². The molecule has 4 nitrogen and oxygen atoms in total. The lowest BCUT2D eigenvalue weighted by atomic mass is 10.2. The van der Waals surface area contributed by atoms with Gasteiger partial charge in [0.1, 0.15) is 11.6 Å². The largest absolute Gasteiger partial charge is 0.455 e. The Morgan fingerprint density at radius 1 is 1.47 bits per heavy atom. The lowest BCUT2D eigenvalue weighted by Crippen LogP contribution is -2.08. The van der Waals surface area contributed by atoms with Gasteiger partial charge in [0.2, 0.25) is 0 Å². The SMILES string of the molecule is Cc1nc(COC(=O)c2cccc(Cl)c2N)sc1C. The number of thiazole rings is 1. The number of hydrogen-bond acceptors (Lipinski definition) is 5. The van der Waals surface area contributed by atoms with Crippen LogP contribution in [-0.4, -0.2) is 11.0 Å². The number of para-hydroxylation sites is 1. The van der Waals surface area contributed by atoms with Gasteiger partial charge >= 0.3 is 5.97 Å². The van der Waals surface area contributed by atoms with E-state index in [9.17, 15) is 4.79 Å². The second kappa shape index (κ2) is 5.59. The number of nitrogens with zero attached hydrogens (tertiary/aromatic N) is 1. The van der Waals surface area contributed by atoms with Crippen LogP contribution in [0.2, 0.25) is 5.02 Å². The zero-order valence-electron chi connectivity index (χ0n) is 10.6. The Bertz CT molecular complexity index is 606. The average molecular weight is 297 g/mol. The van der Waals surface area contributed by atoms with E-state index in [0.717, 1.165) is 15.6 Å². The summed E-state index contributed by atoms with van der Waals surface area (Å²) in [4.78, 5) is 17.3. The lowest BCUT2D eigenvalue weighted by Gasteiger charge is -2.06. The minimum atomic E-state index is -0.495. The first kappa shape index (κ1) is 13.8. The molecule has 0 bridgehead atoms. The van der Waals surface area contributed by atoms with Crippen molar-refractivity contribution in [2.24, 2.45) is 0 Å². The number of halogens is 1. The fourth-order valence-electron chi connectivity index (χ4n) is 1.52. The van der Waals surface area contributed by atoms with Gasteiger partial charge in [0.25, 0.3) is 0 Å². The van der Waals surface area contributed by atoms with Crippen molar-refractivity contribution in [2.45, 2.75) is 20.5 Å². The summed E-state index contributed by atoms with van der Waals surface area (Å²) < 4.78 is 5.19. The van der Waals surface area contributed by atoms with Crippen LogP contribution in [0.1, 0.15) is 25.9 Å². The molecule has 2 rings (SSSR count). The average Bonchev–Trinajstić information content (AvgIpc) is 2.69. The summed E-state index contributed by atoms with van der Waals surface area (Å²) in [7, 11) is 0. The molecule has 19 heavy (non-hydrogen) atoms. The van der Waals surface area contributed by atoms with Gasteiger partial charge in [-0.25, -0.2) is 9.78 Å². The maximum atomic E-state index is 11.9. The van der Waals surface area contributed by atoms with E-state index in [1.54, 1.807) is 18.2 Å². The number of aryl methyl sites for hydroxylation is 2. The predicted octanol–water partition coefficient (Wildman–Crippen LogP) is 3.35. The third kappa shape index (κ3) is 3.05. The zero-order chi connectivity index (χ0) is 14.0. The van der Waals surface area contributed by atoms with Crippen molar-refractivity contribution in [3.63, 3.8) is 0 Å². The second-order valence-electron chi connectivity index (χ2n) is 4.03. The molecule has 0 atom stereocenters. The highest BCUT2D eigenvalue weighted by Crippen LogP contribution is 2.24. The van der Waals surface area contributed by atoms with E-state index >= 15 is 0 Å². The first-order chi connectivity index (χ1) is 8.99. The monoisotopic (exact) mass is 296 g/mol. The van der Waals surface area contributed by atoms with Crippen molar-refractivity contribution in [2.75, 3.05) is 5.73 Å². The number of benzene rings is 1. The van der Waals surface area contributed by atoms with Gasteiger partial charge in [-0.05, 0) is 26.0 Å². The number of nitrogens with two attached hydrogens (primary N) is 1. The quantitative estimate of drug-likeness (QED) is 0.697. The van der Waals surface area contributed by atoms with Crippen LogP contribution in [0.3, 0.4) is 0 Å². The number of hydrogen-bond donors (Lipinski definition) is 1. The van der Waals surface area contributed by atoms with Gasteiger partial charge in [0, 0.05) is 4.88 Å². The van der Waals surface area contributed by atoms with E-state index in [4.69, 9.17) is 22.1 Å². The normalized spacial score (nSPS) is 10.5. The molecule has 0 aliphatic heterocycles. The Labute approximate surface area is 120 Å². The molecule has 0 saturated heterocycles. The number of aromatic nitrogens is 1. The second-order valence-corrected chi connectivity index (χ2v) is 5.72. The Kier molecular flexibility index (Phi) is 4.07. The highest BCUT2D eigenvalue weighted by atomic mass is 35.5. The minimum Gasteiger partial charge on any atom is -0.455 e. The van der Waals surface area contributed by atoms with Gasteiger partial charge in [-0.1, -0.05) is 17.7 Å². The maximum absolute atomic E-state index is 11.9. The van der Waals surface area contributed by atoms with Crippen molar-refractivity contribution < 1.29 is 9.53 Å². The van der Waals surface area contributed by atoms with Crippen molar-refractivity contribution in [3.05, 3.63) is 44.4 Å². The fourth-order valence-corrected chi connectivity index (χ4v) is 2.54. The highest BCUT2D eigenvalue weighted by molar-refractivity contribution is 7.11. The third-order valence-corrected chi connectivity index (χ3v) is 4.05. The van der Waals surface area contributed by atoms with Crippen molar-refractivity contribution >= 4 is 34.6 Å². The van der Waals surface area contributed by atoms with Gasteiger partial charge in [0.15, 0.2) is 0 Å². The predicted molar refractivity (Wildman–Crippen MR) is 76.6 cm³/mol. The van der Waals surface area contributed by atoms with Crippen LogP contribution in [0.4, 0.5) is 5.69 Å². The van der Waals surface area contributed by atoms with Gasteiger partial charge in [-0.2, -0.15) is 0 Å². The molecule has 1 aromatic carbocycles.